The van der Waals surface area contributed by atoms with E-state index in [2.05, 4.69) is 45.9 Å². The SMILES string of the molecule is CC(C)c1ccc2c(c1)C(C)(C)CCC2N. The molecule has 1 aliphatic carbocycles. The first-order chi connectivity index (χ1) is 7.42. The molecule has 1 nitrogen and oxygen atoms in total. The van der Waals surface area contributed by atoms with E-state index in [0.29, 0.717) is 5.92 Å². The van der Waals surface area contributed by atoms with Gasteiger partial charge in [-0.1, -0.05) is 45.9 Å². The van der Waals surface area contributed by atoms with Crippen molar-refractivity contribution < 1.29 is 0 Å². The molecule has 0 aliphatic heterocycles. The Labute approximate surface area is 99.0 Å². The van der Waals surface area contributed by atoms with Crippen molar-refractivity contribution in [2.24, 2.45) is 5.73 Å². The highest BCUT2D eigenvalue weighted by molar-refractivity contribution is 5.41. The van der Waals surface area contributed by atoms with Crippen LogP contribution in [0.15, 0.2) is 18.2 Å². The molecule has 0 saturated heterocycles. The second-order valence-corrected chi connectivity index (χ2v) is 6.03. The van der Waals surface area contributed by atoms with E-state index < -0.39 is 0 Å². The second-order valence-electron chi connectivity index (χ2n) is 6.03. The first kappa shape index (κ1) is 11.7. The lowest BCUT2D eigenvalue weighted by Gasteiger charge is -2.36. The third kappa shape index (κ3) is 1.89. The summed E-state index contributed by atoms with van der Waals surface area (Å²) < 4.78 is 0. The van der Waals surface area contributed by atoms with Crippen molar-refractivity contribution in [3.8, 4) is 0 Å². The van der Waals surface area contributed by atoms with Crippen LogP contribution in [0, 0.1) is 0 Å². The number of nitrogens with two attached hydrogens (primary N) is 1. The summed E-state index contributed by atoms with van der Waals surface area (Å²) in [4.78, 5) is 0. The molecule has 2 N–H and O–H groups in total. The van der Waals surface area contributed by atoms with Gasteiger partial charge in [-0.25, -0.2) is 0 Å². The van der Waals surface area contributed by atoms with Gasteiger partial charge in [0.1, 0.15) is 0 Å². The van der Waals surface area contributed by atoms with Crippen LogP contribution in [-0.4, -0.2) is 0 Å². The van der Waals surface area contributed by atoms with Crippen LogP contribution in [0.25, 0.3) is 0 Å². The van der Waals surface area contributed by atoms with Crippen LogP contribution < -0.4 is 5.73 Å². The van der Waals surface area contributed by atoms with Gasteiger partial charge in [-0.05, 0) is 40.9 Å². The van der Waals surface area contributed by atoms with Crippen molar-refractivity contribution >= 4 is 0 Å². The fourth-order valence-corrected chi connectivity index (χ4v) is 2.65. The maximum atomic E-state index is 6.19. The van der Waals surface area contributed by atoms with Gasteiger partial charge in [-0.2, -0.15) is 0 Å². The normalized spacial score (nSPS) is 23.2. The van der Waals surface area contributed by atoms with Gasteiger partial charge in [0.15, 0.2) is 0 Å². The molecular weight excluding hydrogens is 194 g/mol. The molecule has 1 unspecified atom stereocenters. The summed E-state index contributed by atoms with van der Waals surface area (Å²) in [5.41, 5.74) is 10.7. The minimum atomic E-state index is 0.240. The summed E-state index contributed by atoms with van der Waals surface area (Å²) in [6.07, 6.45) is 2.31. The monoisotopic (exact) mass is 217 g/mol. The van der Waals surface area contributed by atoms with Crippen molar-refractivity contribution in [1.29, 1.82) is 0 Å². The predicted octanol–water partition coefficient (Wildman–Crippen LogP) is 3.88. The van der Waals surface area contributed by atoms with Crippen LogP contribution in [0.3, 0.4) is 0 Å². The maximum absolute atomic E-state index is 6.19. The molecule has 88 valence electrons. The van der Waals surface area contributed by atoms with Gasteiger partial charge < -0.3 is 5.73 Å². The first-order valence-electron chi connectivity index (χ1n) is 6.32. The van der Waals surface area contributed by atoms with Crippen molar-refractivity contribution in [2.45, 2.75) is 57.9 Å². The molecule has 1 aromatic rings. The van der Waals surface area contributed by atoms with Crippen LogP contribution in [-0.2, 0) is 5.41 Å². The van der Waals surface area contributed by atoms with E-state index in [1.165, 1.54) is 23.1 Å². The second kappa shape index (κ2) is 3.89. The lowest BCUT2D eigenvalue weighted by atomic mass is 9.70. The van der Waals surface area contributed by atoms with Crippen molar-refractivity contribution in [1.82, 2.24) is 0 Å². The Kier molecular flexibility index (Phi) is 2.83. The summed E-state index contributed by atoms with van der Waals surface area (Å²) in [6, 6.07) is 7.10. The van der Waals surface area contributed by atoms with Gasteiger partial charge in [0.2, 0.25) is 0 Å². The lowest BCUT2D eigenvalue weighted by molar-refractivity contribution is 0.395. The zero-order chi connectivity index (χ0) is 11.9. The fourth-order valence-electron chi connectivity index (χ4n) is 2.65. The third-order valence-corrected chi connectivity index (χ3v) is 3.95. The first-order valence-corrected chi connectivity index (χ1v) is 6.32. The summed E-state index contributed by atoms with van der Waals surface area (Å²) in [5.74, 6) is 0.597. The van der Waals surface area contributed by atoms with Gasteiger partial charge in [0.05, 0.1) is 0 Å². The Balaban J connectivity index is 2.53. The fraction of sp³-hybridized carbons (Fsp3) is 0.600. The third-order valence-electron chi connectivity index (χ3n) is 3.95. The van der Waals surface area contributed by atoms with E-state index in [4.69, 9.17) is 5.73 Å². The van der Waals surface area contributed by atoms with Gasteiger partial charge in [-0.3, -0.25) is 0 Å². The van der Waals surface area contributed by atoms with Crippen molar-refractivity contribution in [2.75, 3.05) is 0 Å². The summed E-state index contributed by atoms with van der Waals surface area (Å²) in [5, 5.41) is 0. The minimum absolute atomic E-state index is 0.240. The Morgan fingerprint density at radius 2 is 2.00 bits per heavy atom. The topological polar surface area (TPSA) is 26.0 Å². The van der Waals surface area contributed by atoms with Crippen LogP contribution in [0.5, 0.6) is 0 Å². The molecule has 0 amide bonds. The zero-order valence-corrected chi connectivity index (χ0v) is 10.9. The highest BCUT2D eigenvalue weighted by Gasteiger charge is 2.31. The molecule has 0 aromatic heterocycles. The van der Waals surface area contributed by atoms with E-state index >= 15 is 0 Å². The quantitative estimate of drug-likeness (QED) is 0.759. The Morgan fingerprint density at radius 1 is 1.31 bits per heavy atom. The molecule has 1 aromatic carbocycles. The number of benzene rings is 1. The molecule has 16 heavy (non-hydrogen) atoms. The molecule has 0 heterocycles. The summed E-state index contributed by atoms with van der Waals surface area (Å²) in [7, 11) is 0. The molecule has 1 heteroatoms. The maximum Gasteiger partial charge on any atom is 0.0298 e. The number of hydrogen-bond acceptors (Lipinski definition) is 1. The Morgan fingerprint density at radius 3 is 2.62 bits per heavy atom. The largest absolute Gasteiger partial charge is 0.324 e. The van der Waals surface area contributed by atoms with Crippen LogP contribution >= 0.6 is 0 Å². The molecular formula is C15H23N. The van der Waals surface area contributed by atoms with Gasteiger partial charge in [-0.15, -0.1) is 0 Å². The van der Waals surface area contributed by atoms with E-state index in [-0.39, 0.29) is 11.5 Å². The standard InChI is InChI=1S/C15H23N/c1-10(2)11-5-6-12-13(9-11)15(3,4)8-7-14(12)16/h5-6,9-10,14H,7-8,16H2,1-4H3. The van der Waals surface area contributed by atoms with Crippen LogP contribution in [0.2, 0.25) is 0 Å². The molecule has 0 saturated carbocycles. The molecule has 1 aliphatic rings. The molecule has 0 spiro atoms. The van der Waals surface area contributed by atoms with Crippen LogP contribution in [0.1, 0.15) is 69.2 Å². The van der Waals surface area contributed by atoms with Gasteiger partial charge in [0.25, 0.3) is 0 Å². The number of fused-ring (bicyclic) bond motifs is 1. The Bertz CT molecular complexity index is 390. The smallest absolute Gasteiger partial charge is 0.0298 e. The number of hydrogen-bond donors (Lipinski definition) is 1. The minimum Gasteiger partial charge on any atom is -0.324 e. The predicted molar refractivity (Wildman–Crippen MR) is 69.7 cm³/mol. The zero-order valence-electron chi connectivity index (χ0n) is 10.9. The average molecular weight is 217 g/mol. The average Bonchev–Trinajstić information content (AvgIpc) is 2.23. The molecule has 0 radical (unpaired) electrons. The summed E-state index contributed by atoms with van der Waals surface area (Å²) >= 11 is 0. The van der Waals surface area contributed by atoms with Gasteiger partial charge >= 0.3 is 0 Å². The number of rotatable bonds is 1. The van der Waals surface area contributed by atoms with Crippen molar-refractivity contribution in [3.05, 3.63) is 34.9 Å². The lowest BCUT2D eigenvalue weighted by Crippen LogP contribution is -2.29. The van der Waals surface area contributed by atoms with Crippen LogP contribution in [0.4, 0.5) is 0 Å². The van der Waals surface area contributed by atoms with E-state index in [1.54, 1.807) is 0 Å². The van der Waals surface area contributed by atoms with E-state index in [0.717, 1.165) is 6.42 Å². The molecule has 0 fully saturated rings. The van der Waals surface area contributed by atoms with E-state index in [9.17, 15) is 0 Å². The van der Waals surface area contributed by atoms with E-state index in [1.807, 2.05) is 0 Å². The van der Waals surface area contributed by atoms with Crippen molar-refractivity contribution in [3.63, 3.8) is 0 Å². The van der Waals surface area contributed by atoms with Gasteiger partial charge in [0, 0.05) is 6.04 Å². The highest BCUT2D eigenvalue weighted by Crippen LogP contribution is 2.41. The summed E-state index contributed by atoms with van der Waals surface area (Å²) in [6.45, 7) is 9.17. The molecule has 1 atom stereocenters. The Hall–Kier alpha value is -0.820. The highest BCUT2D eigenvalue weighted by atomic mass is 14.6. The molecule has 2 rings (SSSR count). The molecule has 0 bridgehead atoms.